The number of esters is 1. The molecule has 0 heterocycles. The van der Waals surface area contributed by atoms with E-state index in [0.717, 1.165) is 22.3 Å². The number of para-hydroxylation sites is 1. The van der Waals surface area contributed by atoms with Crippen LogP contribution in [0.15, 0.2) is 78.9 Å². The van der Waals surface area contributed by atoms with Crippen LogP contribution in [-0.4, -0.2) is 67.9 Å². The van der Waals surface area contributed by atoms with E-state index in [2.05, 4.69) is 21.3 Å². The maximum Gasteiger partial charge on any atom is 0.407 e. The van der Waals surface area contributed by atoms with Crippen LogP contribution >= 0.6 is 0 Å². The first-order valence-electron chi connectivity index (χ1n) is 14.5. The maximum absolute atomic E-state index is 12.7. The zero-order valence-corrected chi connectivity index (χ0v) is 25.2. The van der Waals surface area contributed by atoms with E-state index in [0.29, 0.717) is 5.75 Å². The second-order valence-corrected chi connectivity index (χ2v) is 10.5. The molecule has 0 saturated carbocycles. The summed E-state index contributed by atoms with van der Waals surface area (Å²) >= 11 is 0. The van der Waals surface area contributed by atoms with E-state index in [9.17, 15) is 24.0 Å². The quantitative estimate of drug-likeness (QED) is 0.0987. The summed E-state index contributed by atoms with van der Waals surface area (Å²) in [5.41, 5.74) is 4.33. The first-order valence-corrected chi connectivity index (χ1v) is 14.5. The normalized spacial score (nSPS) is 13.7. The molecule has 0 unspecified atom stereocenters. The van der Waals surface area contributed by atoms with Crippen molar-refractivity contribution in [1.29, 1.82) is 0 Å². The predicted octanol–water partition coefficient (Wildman–Crippen LogP) is 2.62. The van der Waals surface area contributed by atoms with Crippen LogP contribution in [0.1, 0.15) is 37.8 Å². The molecule has 0 aliphatic heterocycles. The van der Waals surface area contributed by atoms with Crippen molar-refractivity contribution in [1.82, 2.24) is 21.3 Å². The molecule has 3 aromatic carbocycles. The number of benzene rings is 3. The van der Waals surface area contributed by atoms with E-state index in [-0.39, 0.29) is 25.9 Å². The molecule has 4 amide bonds. The van der Waals surface area contributed by atoms with Crippen LogP contribution in [0.3, 0.4) is 0 Å². The van der Waals surface area contributed by atoms with Gasteiger partial charge < -0.3 is 35.5 Å². The number of alkyl carbamates (subject to hydrolysis) is 1. The van der Waals surface area contributed by atoms with Crippen molar-refractivity contribution in [3.05, 3.63) is 90.0 Å². The minimum absolute atomic E-state index is 0.0930. The highest BCUT2D eigenvalue weighted by atomic mass is 16.6. The lowest BCUT2D eigenvalue weighted by Gasteiger charge is -2.21. The molecule has 0 aromatic heterocycles. The zero-order valence-electron chi connectivity index (χ0n) is 25.2. The molecule has 1 aliphatic carbocycles. The largest absolute Gasteiger partial charge is 0.449 e. The minimum Gasteiger partial charge on any atom is -0.449 e. The Kier molecular flexibility index (Phi) is 11.2. The number of fused-ring (bicyclic) bond motifs is 3. The van der Waals surface area contributed by atoms with Gasteiger partial charge >= 0.3 is 12.1 Å². The molecule has 0 fully saturated rings. The van der Waals surface area contributed by atoms with Gasteiger partial charge in [0.1, 0.15) is 43.8 Å². The third-order valence-electron chi connectivity index (χ3n) is 7.12. The topological polar surface area (TPSA) is 161 Å². The van der Waals surface area contributed by atoms with Crippen molar-refractivity contribution in [3.8, 4) is 16.9 Å². The van der Waals surface area contributed by atoms with Gasteiger partial charge in [-0.3, -0.25) is 14.4 Å². The van der Waals surface area contributed by atoms with E-state index >= 15 is 0 Å². The lowest BCUT2D eigenvalue weighted by Crippen LogP contribution is -2.54. The van der Waals surface area contributed by atoms with Crippen molar-refractivity contribution in [2.75, 3.05) is 19.9 Å². The fourth-order valence-electron chi connectivity index (χ4n) is 4.75. The third kappa shape index (κ3) is 8.89. The van der Waals surface area contributed by atoms with Gasteiger partial charge in [0, 0.05) is 5.92 Å². The molecule has 0 radical (unpaired) electrons. The van der Waals surface area contributed by atoms with Crippen molar-refractivity contribution in [2.24, 2.45) is 0 Å². The van der Waals surface area contributed by atoms with Crippen LogP contribution in [0.2, 0.25) is 0 Å². The second kappa shape index (κ2) is 15.5. The molecule has 3 atom stereocenters. The highest BCUT2D eigenvalue weighted by molar-refractivity contribution is 5.93. The Morgan fingerprint density at radius 1 is 0.667 bits per heavy atom. The van der Waals surface area contributed by atoms with E-state index in [1.807, 2.05) is 48.5 Å². The molecule has 0 spiro atoms. The SMILES string of the molecule is C[C@H](NC(=O)OCC1c2ccccc2-c2ccccc21)C(=O)N[C@@H](C)C(=O)N[C@@H](C)C(=O)NCOCC(=O)Oc1ccccc1. The molecular formula is C33H36N4O8. The first-order chi connectivity index (χ1) is 21.6. The van der Waals surface area contributed by atoms with E-state index in [1.165, 1.54) is 20.8 Å². The van der Waals surface area contributed by atoms with E-state index < -0.39 is 47.9 Å². The zero-order chi connectivity index (χ0) is 32.3. The number of hydrogen-bond donors (Lipinski definition) is 4. The molecule has 0 bridgehead atoms. The Labute approximate surface area is 260 Å². The van der Waals surface area contributed by atoms with Crippen LogP contribution in [0.25, 0.3) is 11.1 Å². The minimum atomic E-state index is -1.01. The fraction of sp³-hybridized carbons (Fsp3) is 0.303. The monoisotopic (exact) mass is 616 g/mol. The molecular weight excluding hydrogens is 580 g/mol. The molecule has 236 valence electrons. The summed E-state index contributed by atoms with van der Waals surface area (Å²) in [4.78, 5) is 61.9. The Balaban J connectivity index is 1.14. The standard InChI is InChI=1S/C33H36N4O8/c1-20(30(39)34-19-43-18-29(38)45-23-11-5-4-6-12-23)35-31(40)21(2)36-32(41)22(3)37-33(42)44-17-28-26-15-9-7-13-24(26)25-14-8-10-16-27(25)28/h4-16,20-22,28H,17-19H2,1-3H3,(H,34,39)(H,35,40)(H,36,41)(H,37,42)/t20-,21-,22-/m0/s1. The van der Waals surface area contributed by atoms with Crippen LogP contribution in [0, 0.1) is 0 Å². The number of ether oxygens (including phenoxy) is 3. The summed E-state index contributed by atoms with van der Waals surface area (Å²) in [7, 11) is 0. The molecule has 12 heteroatoms. The Hall–Kier alpha value is -5.23. The number of amides is 4. The molecule has 3 aromatic rings. The van der Waals surface area contributed by atoms with Gasteiger partial charge in [0.15, 0.2) is 0 Å². The van der Waals surface area contributed by atoms with Gasteiger partial charge in [0.2, 0.25) is 17.7 Å². The summed E-state index contributed by atoms with van der Waals surface area (Å²) in [6.07, 6.45) is -0.766. The van der Waals surface area contributed by atoms with E-state index in [4.69, 9.17) is 14.2 Å². The number of carbonyl (C=O) groups is 5. The van der Waals surface area contributed by atoms with Crippen molar-refractivity contribution in [3.63, 3.8) is 0 Å². The highest BCUT2D eigenvalue weighted by Crippen LogP contribution is 2.44. The Bertz CT molecular complexity index is 1480. The molecule has 4 N–H and O–H groups in total. The number of hydrogen-bond acceptors (Lipinski definition) is 8. The summed E-state index contributed by atoms with van der Waals surface area (Å²) in [6, 6.07) is 21.4. The Morgan fingerprint density at radius 3 is 1.78 bits per heavy atom. The maximum atomic E-state index is 12.7. The van der Waals surface area contributed by atoms with Gasteiger partial charge in [-0.1, -0.05) is 66.7 Å². The van der Waals surface area contributed by atoms with Crippen molar-refractivity contribution >= 4 is 29.8 Å². The molecule has 4 rings (SSSR count). The average Bonchev–Trinajstić information content (AvgIpc) is 3.35. The van der Waals surface area contributed by atoms with Crippen molar-refractivity contribution < 1.29 is 38.2 Å². The second-order valence-electron chi connectivity index (χ2n) is 10.5. The van der Waals surface area contributed by atoms with Crippen LogP contribution in [0.5, 0.6) is 5.75 Å². The first kappa shape index (κ1) is 32.7. The number of nitrogens with one attached hydrogen (secondary N) is 4. The molecule has 1 aliphatic rings. The van der Waals surface area contributed by atoms with Crippen LogP contribution < -0.4 is 26.0 Å². The van der Waals surface area contributed by atoms with Crippen LogP contribution in [-0.2, 0) is 28.7 Å². The summed E-state index contributed by atoms with van der Waals surface area (Å²) in [5.74, 6) is -2.19. The van der Waals surface area contributed by atoms with Gasteiger partial charge in [-0.25, -0.2) is 9.59 Å². The lowest BCUT2D eigenvalue weighted by molar-refractivity contribution is -0.141. The molecule has 12 nitrogen and oxygen atoms in total. The fourth-order valence-corrected chi connectivity index (χ4v) is 4.75. The molecule has 0 saturated heterocycles. The van der Waals surface area contributed by atoms with E-state index in [1.54, 1.807) is 30.3 Å². The smallest absolute Gasteiger partial charge is 0.407 e. The third-order valence-corrected chi connectivity index (χ3v) is 7.12. The summed E-state index contributed by atoms with van der Waals surface area (Å²) in [6.45, 7) is 3.78. The predicted molar refractivity (Wildman–Crippen MR) is 164 cm³/mol. The Morgan fingerprint density at radius 2 is 1.18 bits per heavy atom. The summed E-state index contributed by atoms with van der Waals surface area (Å²) in [5, 5.41) is 9.92. The highest BCUT2D eigenvalue weighted by Gasteiger charge is 2.30. The number of rotatable bonds is 13. The van der Waals surface area contributed by atoms with Crippen LogP contribution in [0.4, 0.5) is 4.79 Å². The average molecular weight is 617 g/mol. The van der Waals surface area contributed by atoms with Crippen molar-refractivity contribution in [2.45, 2.75) is 44.8 Å². The number of carbonyl (C=O) groups excluding carboxylic acids is 5. The van der Waals surface area contributed by atoms with Gasteiger partial charge in [-0.15, -0.1) is 0 Å². The van der Waals surface area contributed by atoms with Gasteiger partial charge in [0.05, 0.1) is 0 Å². The summed E-state index contributed by atoms with van der Waals surface area (Å²) < 4.78 is 15.7. The lowest BCUT2D eigenvalue weighted by atomic mass is 9.98. The molecule has 45 heavy (non-hydrogen) atoms. The van der Waals surface area contributed by atoms with Gasteiger partial charge in [-0.05, 0) is 55.2 Å². The van der Waals surface area contributed by atoms with Gasteiger partial charge in [-0.2, -0.15) is 0 Å². The van der Waals surface area contributed by atoms with Gasteiger partial charge in [0.25, 0.3) is 0 Å².